The lowest BCUT2D eigenvalue weighted by molar-refractivity contribution is -0.556. The fourth-order valence-corrected chi connectivity index (χ4v) is 3.24. The molecular weight excluding hydrogens is 426 g/mol. The van der Waals surface area contributed by atoms with E-state index in [1.165, 1.54) is 12.8 Å². The first-order chi connectivity index (χ1) is 16.4. The molecule has 0 saturated heterocycles. The second-order valence-electron chi connectivity index (χ2n) is 7.46. The maximum atomic E-state index is 12.3. The van der Waals surface area contributed by atoms with Gasteiger partial charge in [-0.2, -0.15) is 5.10 Å². The zero-order valence-corrected chi connectivity index (χ0v) is 20.8. The lowest BCUT2D eigenvalue weighted by Crippen LogP contribution is -2.72. The van der Waals surface area contributed by atoms with Gasteiger partial charge in [-0.1, -0.05) is 18.7 Å². The lowest BCUT2D eigenvalue weighted by Gasteiger charge is -2.21. The molecule has 0 radical (unpaired) electrons. The number of methoxy groups -OCH3 is 1. The molecule has 7 nitrogen and oxygen atoms in total. The number of esters is 1. The van der Waals surface area contributed by atoms with Gasteiger partial charge in [0, 0.05) is 42.8 Å². The Morgan fingerprint density at radius 2 is 1.59 bits per heavy atom. The number of rotatable bonds is 12. The molecule has 0 amide bonds. The summed E-state index contributed by atoms with van der Waals surface area (Å²) in [6.07, 6.45) is 7.27. The van der Waals surface area contributed by atoms with Gasteiger partial charge >= 0.3 is 5.97 Å². The number of hydrazone groups is 1. The highest BCUT2D eigenvalue weighted by Gasteiger charge is 2.16. The van der Waals surface area contributed by atoms with E-state index in [2.05, 4.69) is 60.0 Å². The Morgan fingerprint density at radius 3 is 2.09 bits per heavy atom. The third-order valence-corrected chi connectivity index (χ3v) is 5.17. The van der Waals surface area contributed by atoms with Gasteiger partial charge in [-0.3, -0.25) is 5.01 Å². The highest BCUT2D eigenvalue weighted by atomic mass is 16.5. The third kappa shape index (κ3) is 7.64. The van der Waals surface area contributed by atoms with Crippen LogP contribution in [-0.2, 0) is 9.53 Å². The number of nitrogens with one attached hydrogen (secondary N) is 1. The molecule has 0 spiro atoms. The van der Waals surface area contributed by atoms with Crippen molar-refractivity contribution in [2.24, 2.45) is 5.10 Å². The highest BCUT2D eigenvalue weighted by molar-refractivity contribution is 6.44. The molecule has 2 rings (SSSR count). The Balaban J connectivity index is 2.12. The summed E-state index contributed by atoms with van der Waals surface area (Å²) in [6, 6.07) is 16.2. The van der Waals surface area contributed by atoms with Crippen molar-refractivity contribution in [1.29, 1.82) is 0 Å². The molecular formula is C27H36N5O2+. The third-order valence-electron chi connectivity index (χ3n) is 5.17. The van der Waals surface area contributed by atoms with E-state index in [1.807, 2.05) is 48.9 Å². The van der Waals surface area contributed by atoms with Gasteiger partial charge in [0.05, 0.1) is 26.0 Å². The monoisotopic (exact) mass is 462 g/mol. The summed E-state index contributed by atoms with van der Waals surface area (Å²) in [5, 5.41) is 11.4. The Morgan fingerprint density at radius 1 is 1.03 bits per heavy atom. The molecule has 3 N–H and O–H groups in total. The van der Waals surface area contributed by atoms with Crippen LogP contribution < -0.4 is 20.5 Å². The van der Waals surface area contributed by atoms with Crippen LogP contribution >= 0.6 is 0 Å². The summed E-state index contributed by atoms with van der Waals surface area (Å²) >= 11 is 0. The van der Waals surface area contributed by atoms with Crippen LogP contribution in [0, 0.1) is 0 Å². The molecule has 0 fully saturated rings. The van der Waals surface area contributed by atoms with Gasteiger partial charge in [0.1, 0.15) is 0 Å². The second kappa shape index (κ2) is 13.6. The van der Waals surface area contributed by atoms with Crippen molar-refractivity contribution in [1.82, 2.24) is 0 Å². The smallest absolute Gasteiger partial charge is 0.359 e. The zero-order chi connectivity index (χ0) is 24.9. The number of quaternary nitrogens is 1. The number of nitrogens with two attached hydrogens (primary N) is 1. The standard InChI is InChI=1S/C27H35N5O2/c1-7-32(8-2)25-18-14-23(15-19-25)29-22-12-16-24(17-13-22)31(5)30-26(27(33)34-6)21(3)11-9-10-20-28-4/h9-20,28-29H,3,7-8H2,1-2,4-6H3/p+1/b11-9-,20-10-,30-26-. The van der Waals surface area contributed by atoms with Crippen LogP contribution in [0.1, 0.15) is 13.8 Å². The van der Waals surface area contributed by atoms with E-state index in [0.717, 1.165) is 30.2 Å². The Labute approximate surface area is 203 Å². The molecule has 0 aromatic heterocycles. The number of allylic oxidation sites excluding steroid dienone is 3. The van der Waals surface area contributed by atoms with Crippen molar-refractivity contribution < 1.29 is 14.8 Å². The molecule has 0 aliphatic rings. The molecule has 2 aromatic rings. The van der Waals surface area contributed by atoms with Crippen LogP contribution in [0.15, 0.2) is 90.2 Å². The predicted molar refractivity (Wildman–Crippen MR) is 143 cm³/mol. The summed E-state index contributed by atoms with van der Waals surface area (Å²) in [7, 11) is 5.04. The first-order valence-electron chi connectivity index (χ1n) is 11.4. The summed E-state index contributed by atoms with van der Waals surface area (Å²) < 4.78 is 4.89. The molecule has 0 saturated carbocycles. The van der Waals surface area contributed by atoms with Gasteiger partial charge in [0.25, 0.3) is 0 Å². The number of hydrogen-bond donors (Lipinski definition) is 2. The number of carbonyl (C=O) groups is 1. The van der Waals surface area contributed by atoms with Crippen molar-refractivity contribution >= 4 is 34.4 Å². The SMILES string of the molecule is C=C(/C=C\C=C/[NH2+]C)/C(=N/N(C)c1ccc(Nc2ccc(N(CC)CC)cc2)cc1)C(=O)OC. The van der Waals surface area contributed by atoms with Crippen molar-refractivity contribution in [2.75, 3.05) is 49.5 Å². The summed E-state index contributed by atoms with van der Waals surface area (Å²) in [5.74, 6) is -0.543. The molecule has 0 aliphatic heterocycles. The maximum absolute atomic E-state index is 12.3. The van der Waals surface area contributed by atoms with Crippen molar-refractivity contribution in [3.8, 4) is 0 Å². The van der Waals surface area contributed by atoms with E-state index in [9.17, 15) is 4.79 Å². The summed E-state index contributed by atoms with van der Waals surface area (Å²) in [6.45, 7) is 10.2. The molecule has 2 aromatic carbocycles. The lowest BCUT2D eigenvalue weighted by atomic mass is 10.1. The van der Waals surface area contributed by atoms with Crippen molar-refractivity contribution in [3.63, 3.8) is 0 Å². The molecule has 7 heteroatoms. The molecule has 0 unspecified atom stereocenters. The predicted octanol–water partition coefficient (Wildman–Crippen LogP) is 4.06. The first-order valence-corrected chi connectivity index (χ1v) is 11.4. The average molecular weight is 463 g/mol. The van der Waals surface area contributed by atoms with Gasteiger partial charge in [-0.15, -0.1) is 0 Å². The summed E-state index contributed by atoms with van der Waals surface area (Å²) in [5.41, 5.74) is 4.61. The quantitative estimate of drug-likeness (QED) is 0.215. The van der Waals surface area contributed by atoms with Gasteiger partial charge in [-0.25, -0.2) is 4.79 Å². The molecule has 0 heterocycles. The first kappa shape index (κ1) is 26.4. The number of benzene rings is 2. The van der Waals surface area contributed by atoms with Crippen LogP contribution in [0.2, 0.25) is 0 Å². The van der Waals surface area contributed by atoms with Crippen LogP contribution in [0.4, 0.5) is 22.7 Å². The van der Waals surface area contributed by atoms with E-state index in [-0.39, 0.29) is 5.71 Å². The van der Waals surface area contributed by atoms with Crippen LogP contribution in [0.5, 0.6) is 0 Å². The average Bonchev–Trinajstić information content (AvgIpc) is 2.86. The van der Waals surface area contributed by atoms with E-state index in [4.69, 9.17) is 4.74 Å². The fraction of sp³-hybridized carbons (Fsp3) is 0.259. The Hall–Kier alpha value is -3.84. The van der Waals surface area contributed by atoms with E-state index < -0.39 is 5.97 Å². The number of nitrogens with zero attached hydrogens (tertiary/aromatic N) is 3. The second-order valence-corrected chi connectivity index (χ2v) is 7.46. The van der Waals surface area contributed by atoms with Crippen molar-refractivity contribution in [2.45, 2.75) is 13.8 Å². The normalized spacial score (nSPS) is 11.6. The molecule has 0 aliphatic carbocycles. The summed E-state index contributed by atoms with van der Waals surface area (Å²) in [4.78, 5) is 14.6. The zero-order valence-electron chi connectivity index (χ0n) is 20.8. The minimum atomic E-state index is -0.543. The Kier molecular flexibility index (Phi) is 10.6. The van der Waals surface area contributed by atoms with Gasteiger partial charge in [-0.05, 0) is 68.5 Å². The largest absolute Gasteiger partial charge is 0.464 e. The highest BCUT2D eigenvalue weighted by Crippen LogP contribution is 2.23. The number of anilines is 4. The molecule has 0 atom stereocenters. The number of ether oxygens (including phenoxy) is 1. The maximum Gasteiger partial charge on any atom is 0.359 e. The topological polar surface area (TPSA) is 73.8 Å². The van der Waals surface area contributed by atoms with Crippen LogP contribution in [0.25, 0.3) is 0 Å². The van der Waals surface area contributed by atoms with Gasteiger partial charge < -0.3 is 20.3 Å². The molecule has 180 valence electrons. The van der Waals surface area contributed by atoms with E-state index in [0.29, 0.717) is 5.57 Å². The van der Waals surface area contributed by atoms with Crippen LogP contribution in [-0.4, -0.2) is 46.0 Å². The molecule has 34 heavy (non-hydrogen) atoms. The Bertz CT molecular complexity index is 1020. The molecule has 0 bridgehead atoms. The van der Waals surface area contributed by atoms with E-state index >= 15 is 0 Å². The van der Waals surface area contributed by atoms with Crippen molar-refractivity contribution in [3.05, 3.63) is 85.1 Å². The van der Waals surface area contributed by atoms with Crippen LogP contribution in [0.3, 0.4) is 0 Å². The van der Waals surface area contributed by atoms with E-state index in [1.54, 1.807) is 24.2 Å². The minimum Gasteiger partial charge on any atom is -0.464 e. The minimum absolute atomic E-state index is 0.144. The number of hydrogen-bond acceptors (Lipinski definition) is 6. The number of carbonyl (C=O) groups excluding carboxylic acids is 1. The fourth-order valence-electron chi connectivity index (χ4n) is 3.24. The van der Waals surface area contributed by atoms with Gasteiger partial charge in [0.2, 0.25) is 0 Å². The van der Waals surface area contributed by atoms with Gasteiger partial charge in [0.15, 0.2) is 5.71 Å².